The van der Waals surface area contributed by atoms with E-state index in [1.54, 1.807) is 0 Å². The monoisotopic (exact) mass is 461 g/mol. The van der Waals surface area contributed by atoms with E-state index in [4.69, 9.17) is 0 Å². The second kappa shape index (κ2) is 8.04. The van der Waals surface area contributed by atoms with Gasteiger partial charge in [-0.15, -0.1) is 11.8 Å². The van der Waals surface area contributed by atoms with Crippen LogP contribution in [0.5, 0.6) is 0 Å². The largest absolute Gasteiger partial charge is 0.377 e. The summed E-state index contributed by atoms with van der Waals surface area (Å²) in [7, 11) is 0. The van der Waals surface area contributed by atoms with Gasteiger partial charge in [0.1, 0.15) is 0 Å². The lowest BCUT2D eigenvalue weighted by Gasteiger charge is -2.38. The second-order valence-corrected chi connectivity index (χ2v) is 9.97. The summed E-state index contributed by atoms with van der Waals surface area (Å²) >= 11 is 5.56. The average molecular weight is 462 g/mol. The van der Waals surface area contributed by atoms with Crippen molar-refractivity contribution in [3.8, 4) is 0 Å². The van der Waals surface area contributed by atoms with Crippen LogP contribution in [0.2, 0.25) is 0 Å². The molecule has 0 amide bonds. The quantitative estimate of drug-likeness (QED) is 0.313. The van der Waals surface area contributed by atoms with Gasteiger partial charge in [-0.2, -0.15) is 0 Å². The van der Waals surface area contributed by atoms with Gasteiger partial charge in [-0.05, 0) is 65.8 Å². The molecular weight excluding hydrogens is 438 g/mol. The Labute approximate surface area is 185 Å². The minimum atomic E-state index is 0.350. The summed E-state index contributed by atoms with van der Waals surface area (Å²) in [6.45, 7) is 2.25. The molecule has 3 aromatic rings. The first kappa shape index (κ1) is 19.0. The smallest absolute Gasteiger partial charge is 0.0554 e. The zero-order chi connectivity index (χ0) is 19.8. The van der Waals surface area contributed by atoms with Crippen molar-refractivity contribution in [3.05, 3.63) is 106 Å². The highest BCUT2D eigenvalue weighted by Gasteiger charge is 2.38. The first-order valence-electron chi connectivity index (χ1n) is 10.2. The summed E-state index contributed by atoms with van der Waals surface area (Å²) in [5.74, 6) is 2.08. The van der Waals surface area contributed by atoms with Crippen molar-refractivity contribution in [3.63, 3.8) is 0 Å². The fourth-order valence-electron chi connectivity index (χ4n) is 4.76. The Morgan fingerprint density at radius 3 is 2.72 bits per heavy atom. The molecule has 0 fully saturated rings. The molecule has 0 saturated heterocycles. The fraction of sp³-hybridized carbons (Fsp3) is 0.231. The zero-order valence-electron chi connectivity index (χ0n) is 16.4. The Morgan fingerprint density at radius 2 is 1.90 bits per heavy atom. The lowest BCUT2D eigenvalue weighted by atomic mass is 9.76. The summed E-state index contributed by atoms with van der Waals surface area (Å²) in [5.41, 5.74) is 6.93. The van der Waals surface area contributed by atoms with Gasteiger partial charge in [0, 0.05) is 26.7 Å². The van der Waals surface area contributed by atoms with Crippen LogP contribution in [-0.2, 0) is 5.75 Å². The minimum Gasteiger partial charge on any atom is -0.377 e. The highest BCUT2D eigenvalue weighted by Crippen LogP contribution is 2.51. The molecule has 3 heteroatoms. The van der Waals surface area contributed by atoms with E-state index < -0.39 is 0 Å². The van der Waals surface area contributed by atoms with Crippen LogP contribution in [0.15, 0.2) is 88.3 Å². The molecule has 1 aliphatic heterocycles. The van der Waals surface area contributed by atoms with E-state index in [9.17, 15) is 0 Å². The molecule has 5 rings (SSSR count). The van der Waals surface area contributed by atoms with Crippen LogP contribution in [-0.4, -0.2) is 0 Å². The molecule has 1 nitrogen and oxygen atoms in total. The van der Waals surface area contributed by atoms with Gasteiger partial charge in [0.05, 0.1) is 6.04 Å². The maximum absolute atomic E-state index is 3.91. The normalized spacial score (nSPS) is 22.1. The average Bonchev–Trinajstić information content (AvgIpc) is 3.23. The molecule has 1 N–H and O–H groups in total. The Bertz CT molecular complexity index is 1060. The van der Waals surface area contributed by atoms with Crippen molar-refractivity contribution in [1.82, 2.24) is 0 Å². The van der Waals surface area contributed by atoms with E-state index in [2.05, 4.69) is 107 Å². The number of hydrogen-bond acceptors (Lipinski definition) is 2. The van der Waals surface area contributed by atoms with Crippen molar-refractivity contribution in [2.24, 2.45) is 5.92 Å². The van der Waals surface area contributed by atoms with E-state index in [1.165, 1.54) is 32.8 Å². The van der Waals surface area contributed by atoms with Crippen LogP contribution in [0.4, 0.5) is 5.69 Å². The van der Waals surface area contributed by atoms with E-state index >= 15 is 0 Å². The molecule has 1 aliphatic carbocycles. The number of aryl methyl sites for hydroxylation is 1. The topological polar surface area (TPSA) is 12.0 Å². The minimum absolute atomic E-state index is 0.350. The molecule has 0 radical (unpaired) electrons. The Morgan fingerprint density at radius 1 is 1.03 bits per heavy atom. The molecule has 29 heavy (non-hydrogen) atoms. The first-order valence-corrected chi connectivity index (χ1v) is 12.0. The Balaban J connectivity index is 1.47. The second-order valence-electron chi connectivity index (χ2n) is 8.01. The number of fused-ring (bicyclic) bond motifs is 3. The van der Waals surface area contributed by atoms with Crippen molar-refractivity contribution in [2.45, 2.75) is 36.0 Å². The number of halogens is 1. The molecule has 0 bridgehead atoms. The van der Waals surface area contributed by atoms with Crippen LogP contribution in [0, 0.1) is 12.8 Å². The molecule has 0 unspecified atom stereocenters. The van der Waals surface area contributed by atoms with Gasteiger partial charge < -0.3 is 5.32 Å². The molecule has 0 spiro atoms. The highest BCUT2D eigenvalue weighted by molar-refractivity contribution is 9.10. The van der Waals surface area contributed by atoms with Gasteiger partial charge in [-0.1, -0.05) is 70.5 Å². The van der Waals surface area contributed by atoms with E-state index in [0.29, 0.717) is 17.9 Å². The van der Waals surface area contributed by atoms with E-state index in [0.717, 1.165) is 16.6 Å². The summed E-state index contributed by atoms with van der Waals surface area (Å²) in [6, 6.07) is 24.6. The van der Waals surface area contributed by atoms with Crippen LogP contribution in [0.3, 0.4) is 0 Å². The number of rotatable bonds is 4. The molecular formula is C26H24BrNS. The first-order chi connectivity index (χ1) is 14.2. The zero-order valence-corrected chi connectivity index (χ0v) is 18.8. The van der Waals surface area contributed by atoms with Crippen molar-refractivity contribution in [1.29, 1.82) is 0 Å². The summed E-state index contributed by atoms with van der Waals surface area (Å²) in [5, 5.41) is 3.91. The number of allylic oxidation sites excluding steroid dienone is 2. The van der Waals surface area contributed by atoms with Gasteiger partial charge in [0.25, 0.3) is 0 Å². The Hall–Kier alpha value is -1.97. The molecule has 2 aliphatic rings. The molecule has 0 saturated carbocycles. The Kier molecular flexibility index (Phi) is 5.28. The van der Waals surface area contributed by atoms with Crippen molar-refractivity contribution >= 4 is 33.4 Å². The van der Waals surface area contributed by atoms with Gasteiger partial charge in [-0.3, -0.25) is 0 Å². The maximum atomic E-state index is 3.91. The highest BCUT2D eigenvalue weighted by atomic mass is 79.9. The molecule has 1 heterocycles. The van der Waals surface area contributed by atoms with Gasteiger partial charge in [0.15, 0.2) is 0 Å². The predicted octanol–water partition coefficient (Wildman–Crippen LogP) is 7.88. The number of benzene rings is 3. The van der Waals surface area contributed by atoms with Crippen LogP contribution < -0.4 is 5.32 Å². The third-order valence-electron chi connectivity index (χ3n) is 6.08. The summed E-state index contributed by atoms with van der Waals surface area (Å²) in [6.07, 6.45) is 5.94. The standard InChI is InChI=1S/C26H24BrNS/c1-17-13-18(16-29-21-9-3-2-4-10-21)14-24-22-11-6-12-23(22)26(28-25(17)24)19-7-5-8-20(27)15-19/h2-11,13-15,22-23,26,28H,12,16H2,1H3/t22-,23-,26-/m1/s1. The lowest BCUT2D eigenvalue weighted by Crippen LogP contribution is -2.29. The predicted molar refractivity (Wildman–Crippen MR) is 128 cm³/mol. The summed E-state index contributed by atoms with van der Waals surface area (Å²) < 4.78 is 1.15. The SMILES string of the molecule is Cc1cc(CSc2ccccc2)cc2c1N[C@H](c1cccc(Br)c1)[C@@H]1CC=C[C@@H]21. The third kappa shape index (κ3) is 3.78. The van der Waals surface area contributed by atoms with Crippen molar-refractivity contribution < 1.29 is 0 Å². The van der Waals surface area contributed by atoms with Crippen LogP contribution in [0.1, 0.15) is 40.6 Å². The number of nitrogens with one attached hydrogen (secondary N) is 1. The van der Waals surface area contributed by atoms with Gasteiger partial charge >= 0.3 is 0 Å². The fourth-order valence-corrected chi connectivity index (χ4v) is 6.03. The number of anilines is 1. The van der Waals surface area contributed by atoms with Gasteiger partial charge in [-0.25, -0.2) is 0 Å². The molecule has 146 valence electrons. The van der Waals surface area contributed by atoms with Crippen molar-refractivity contribution in [2.75, 3.05) is 5.32 Å². The summed E-state index contributed by atoms with van der Waals surface area (Å²) in [4.78, 5) is 1.33. The molecule has 3 atom stereocenters. The lowest BCUT2D eigenvalue weighted by molar-refractivity contribution is 0.425. The molecule has 3 aromatic carbocycles. The van der Waals surface area contributed by atoms with Crippen LogP contribution in [0.25, 0.3) is 0 Å². The van der Waals surface area contributed by atoms with E-state index in [1.807, 2.05) is 11.8 Å². The van der Waals surface area contributed by atoms with Gasteiger partial charge in [0.2, 0.25) is 0 Å². The molecule has 0 aromatic heterocycles. The number of hydrogen-bond donors (Lipinski definition) is 1. The van der Waals surface area contributed by atoms with E-state index in [-0.39, 0.29) is 0 Å². The van der Waals surface area contributed by atoms with Crippen LogP contribution >= 0.6 is 27.7 Å². The third-order valence-corrected chi connectivity index (χ3v) is 7.66. The number of thioether (sulfide) groups is 1. The maximum Gasteiger partial charge on any atom is 0.0554 e.